The molecule has 0 aliphatic heterocycles. The number of nitriles is 1. The maximum atomic E-state index is 11.8. The van der Waals surface area contributed by atoms with Gasteiger partial charge in [0.1, 0.15) is 11.8 Å². The van der Waals surface area contributed by atoms with E-state index in [4.69, 9.17) is 10.00 Å². The summed E-state index contributed by atoms with van der Waals surface area (Å²) >= 11 is 3.26. The molecule has 0 aliphatic rings. The molecule has 2 amide bonds. The number of halogens is 1. The zero-order valence-corrected chi connectivity index (χ0v) is 13.5. The Morgan fingerprint density at radius 1 is 1.13 bits per heavy atom. The molecule has 0 heterocycles. The molecule has 0 unspecified atom stereocenters. The van der Waals surface area contributed by atoms with Crippen LogP contribution < -0.4 is 15.6 Å². The molecule has 2 rings (SSSR count). The van der Waals surface area contributed by atoms with Crippen LogP contribution in [0.15, 0.2) is 53.0 Å². The van der Waals surface area contributed by atoms with E-state index in [2.05, 4.69) is 26.8 Å². The molecule has 0 saturated heterocycles. The van der Waals surface area contributed by atoms with Crippen LogP contribution in [-0.2, 0) is 4.79 Å². The fourth-order valence-electron chi connectivity index (χ4n) is 1.69. The number of para-hydroxylation sites is 1. The lowest BCUT2D eigenvalue weighted by Gasteiger charge is -2.09. The monoisotopic (exact) mass is 373 g/mol. The molecule has 23 heavy (non-hydrogen) atoms. The Balaban J connectivity index is 1.84. The predicted molar refractivity (Wildman–Crippen MR) is 86.4 cm³/mol. The summed E-state index contributed by atoms with van der Waals surface area (Å²) in [6.45, 7) is -0.322. The lowest BCUT2D eigenvalue weighted by Crippen LogP contribution is -2.43. The number of benzene rings is 2. The average molecular weight is 374 g/mol. The molecule has 0 radical (unpaired) electrons. The van der Waals surface area contributed by atoms with Crippen LogP contribution in [0.1, 0.15) is 15.9 Å². The first-order chi connectivity index (χ1) is 11.1. The maximum Gasteiger partial charge on any atom is 0.276 e. The van der Waals surface area contributed by atoms with Crippen molar-refractivity contribution >= 4 is 27.7 Å². The number of carbonyl (C=O) groups excluding carboxylic acids is 2. The second kappa shape index (κ2) is 7.96. The molecule has 0 aromatic heterocycles. The van der Waals surface area contributed by atoms with Crippen molar-refractivity contribution in [1.82, 2.24) is 10.9 Å². The predicted octanol–water partition coefficient (Wildman–Crippen LogP) is 2.16. The van der Waals surface area contributed by atoms with Gasteiger partial charge in [-0.2, -0.15) is 5.26 Å². The van der Waals surface area contributed by atoms with E-state index in [1.165, 1.54) is 0 Å². The van der Waals surface area contributed by atoms with Crippen molar-refractivity contribution in [1.29, 1.82) is 5.26 Å². The first-order valence-corrected chi connectivity index (χ1v) is 7.36. The molecule has 2 aromatic rings. The minimum Gasteiger partial charge on any atom is -0.482 e. The first kappa shape index (κ1) is 16.5. The van der Waals surface area contributed by atoms with Crippen LogP contribution in [0.2, 0.25) is 0 Å². The van der Waals surface area contributed by atoms with Crippen LogP contribution in [0.3, 0.4) is 0 Å². The van der Waals surface area contributed by atoms with Crippen LogP contribution in [0.4, 0.5) is 0 Å². The second-order valence-electron chi connectivity index (χ2n) is 4.41. The number of hydrogen-bond donors (Lipinski definition) is 2. The van der Waals surface area contributed by atoms with Crippen LogP contribution in [0.5, 0.6) is 5.75 Å². The van der Waals surface area contributed by atoms with Gasteiger partial charge >= 0.3 is 0 Å². The number of nitrogens with one attached hydrogen (secondary N) is 2. The number of ether oxygens (including phenoxy) is 1. The van der Waals surface area contributed by atoms with Crippen molar-refractivity contribution < 1.29 is 14.3 Å². The topological polar surface area (TPSA) is 91.2 Å². The summed E-state index contributed by atoms with van der Waals surface area (Å²) in [6, 6.07) is 15.3. The minimum absolute atomic E-state index is 0.309. The largest absolute Gasteiger partial charge is 0.482 e. The normalized spacial score (nSPS) is 9.57. The summed E-state index contributed by atoms with van der Waals surface area (Å²) in [5.74, 6) is -0.679. The molecule has 6 nitrogen and oxygen atoms in total. The molecule has 0 atom stereocenters. The molecule has 0 saturated carbocycles. The van der Waals surface area contributed by atoms with Crippen molar-refractivity contribution in [2.24, 2.45) is 0 Å². The molecule has 2 N–H and O–H groups in total. The number of amides is 2. The fourth-order valence-corrected chi connectivity index (χ4v) is 2.09. The third-order valence-electron chi connectivity index (χ3n) is 2.77. The summed E-state index contributed by atoms with van der Waals surface area (Å²) in [5.41, 5.74) is 5.26. The Hall–Kier alpha value is -2.85. The smallest absolute Gasteiger partial charge is 0.276 e. The summed E-state index contributed by atoms with van der Waals surface area (Å²) in [7, 11) is 0. The van der Waals surface area contributed by atoms with E-state index in [-0.39, 0.29) is 6.61 Å². The first-order valence-electron chi connectivity index (χ1n) is 6.57. The Kier molecular flexibility index (Phi) is 5.72. The molecule has 116 valence electrons. The number of hydrogen-bond acceptors (Lipinski definition) is 4. The van der Waals surface area contributed by atoms with Gasteiger partial charge in [-0.15, -0.1) is 0 Å². The van der Waals surface area contributed by atoms with Crippen molar-refractivity contribution in [2.45, 2.75) is 0 Å². The van der Waals surface area contributed by atoms with Gasteiger partial charge in [-0.1, -0.05) is 34.1 Å². The van der Waals surface area contributed by atoms with Crippen molar-refractivity contribution in [3.05, 3.63) is 64.1 Å². The zero-order valence-electron chi connectivity index (χ0n) is 11.9. The van der Waals surface area contributed by atoms with Gasteiger partial charge < -0.3 is 4.74 Å². The van der Waals surface area contributed by atoms with Crippen LogP contribution in [0.25, 0.3) is 0 Å². The van der Waals surface area contributed by atoms with Gasteiger partial charge in [-0.25, -0.2) is 0 Å². The van der Waals surface area contributed by atoms with Crippen LogP contribution in [-0.4, -0.2) is 18.4 Å². The quantitative estimate of drug-likeness (QED) is 0.803. The zero-order chi connectivity index (χ0) is 16.7. The molecular formula is C16H12BrN3O3. The van der Waals surface area contributed by atoms with Crippen LogP contribution >= 0.6 is 15.9 Å². The van der Waals surface area contributed by atoms with Gasteiger partial charge in [-0.05, 0) is 30.3 Å². The van der Waals surface area contributed by atoms with Gasteiger partial charge in [0, 0.05) is 10.0 Å². The third kappa shape index (κ3) is 4.83. The molecule has 2 aromatic carbocycles. The van der Waals surface area contributed by atoms with Crippen molar-refractivity contribution in [3.63, 3.8) is 0 Å². The van der Waals surface area contributed by atoms with Gasteiger partial charge in [0.25, 0.3) is 11.8 Å². The van der Waals surface area contributed by atoms with E-state index in [0.717, 1.165) is 4.47 Å². The summed E-state index contributed by atoms with van der Waals surface area (Å²) in [5, 5.41) is 8.92. The lowest BCUT2D eigenvalue weighted by molar-refractivity contribution is -0.123. The Bertz CT molecular complexity index is 771. The van der Waals surface area contributed by atoms with Gasteiger partial charge in [-0.3, -0.25) is 20.4 Å². The Morgan fingerprint density at radius 3 is 2.65 bits per heavy atom. The van der Waals surface area contributed by atoms with E-state index in [1.54, 1.807) is 48.5 Å². The fraction of sp³-hybridized carbons (Fsp3) is 0.0625. The van der Waals surface area contributed by atoms with Crippen molar-refractivity contribution in [2.75, 3.05) is 6.61 Å². The van der Waals surface area contributed by atoms with E-state index in [9.17, 15) is 9.59 Å². The molecular weight excluding hydrogens is 362 g/mol. The molecule has 0 spiro atoms. The maximum absolute atomic E-state index is 11.8. The number of carbonyl (C=O) groups is 2. The Labute approximate surface area is 141 Å². The molecule has 7 heteroatoms. The number of hydrazine groups is 1. The molecule has 0 aliphatic carbocycles. The van der Waals surface area contributed by atoms with Gasteiger partial charge in [0.05, 0.1) is 5.56 Å². The average Bonchev–Trinajstić information content (AvgIpc) is 2.58. The van der Waals surface area contributed by atoms with Gasteiger partial charge in [0.2, 0.25) is 0 Å². The van der Waals surface area contributed by atoms with E-state index >= 15 is 0 Å². The SMILES string of the molecule is N#Cc1ccccc1OCC(=O)NNC(=O)c1cccc(Br)c1. The summed E-state index contributed by atoms with van der Waals surface area (Å²) in [4.78, 5) is 23.5. The highest BCUT2D eigenvalue weighted by molar-refractivity contribution is 9.10. The molecule has 0 fully saturated rings. The summed E-state index contributed by atoms with van der Waals surface area (Å²) < 4.78 is 6.01. The van der Waals surface area contributed by atoms with Crippen molar-refractivity contribution in [3.8, 4) is 11.8 Å². The second-order valence-corrected chi connectivity index (χ2v) is 5.32. The van der Waals surface area contributed by atoms with E-state index < -0.39 is 11.8 Å². The van der Waals surface area contributed by atoms with E-state index in [1.807, 2.05) is 6.07 Å². The number of nitrogens with zero attached hydrogens (tertiary/aromatic N) is 1. The lowest BCUT2D eigenvalue weighted by atomic mass is 10.2. The highest BCUT2D eigenvalue weighted by atomic mass is 79.9. The summed E-state index contributed by atoms with van der Waals surface area (Å²) in [6.07, 6.45) is 0. The molecule has 0 bridgehead atoms. The van der Waals surface area contributed by atoms with Gasteiger partial charge in [0.15, 0.2) is 6.61 Å². The minimum atomic E-state index is -0.541. The Morgan fingerprint density at radius 2 is 1.91 bits per heavy atom. The van der Waals surface area contributed by atoms with E-state index in [0.29, 0.717) is 16.9 Å². The highest BCUT2D eigenvalue weighted by Gasteiger charge is 2.09. The standard InChI is InChI=1S/C16H12BrN3O3/c17-13-6-3-5-11(8-13)16(22)20-19-15(21)10-23-14-7-2-1-4-12(14)9-18/h1-8H,10H2,(H,19,21)(H,20,22). The van der Waals surface area contributed by atoms with Crippen LogP contribution in [0, 0.1) is 11.3 Å². The third-order valence-corrected chi connectivity index (χ3v) is 3.26. The highest BCUT2D eigenvalue weighted by Crippen LogP contribution is 2.16. The number of rotatable bonds is 4.